The van der Waals surface area contributed by atoms with Crippen LogP contribution in [0.25, 0.3) is 0 Å². The van der Waals surface area contributed by atoms with Gasteiger partial charge in [0.2, 0.25) is 0 Å². The number of aromatic amines is 1. The molecule has 3 rings (SSSR count). The number of rotatable bonds is 2. The fraction of sp³-hybridized carbons (Fsp3) is 0.182. The van der Waals surface area contributed by atoms with Gasteiger partial charge in [-0.25, -0.2) is 8.42 Å². The van der Waals surface area contributed by atoms with Crippen molar-refractivity contribution >= 4 is 21.5 Å². The van der Waals surface area contributed by atoms with Crippen molar-refractivity contribution in [2.24, 2.45) is 0 Å². The molecule has 0 atom stereocenters. The van der Waals surface area contributed by atoms with Gasteiger partial charge in [0, 0.05) is 6.54 Å². The summed E-state index contributed by atoms with van der Waals surface area (Å²) in [4.78, 5) is 0.0270. The van der Waals surface area contributed by atoms with Gasteiger partial charge in [0.15, 0.2) is 0 Å². The van der Waals surface area contributed by atoms with E-state index >= 15 is 0 Å². The van der Waals surface area contributed by atoms with Crippen molar-refractivity contribution in [1.82, 2.24) is 10.2 Å². The highest BCUT2D eigenvalue weighted by molar-refractivity contribution is 7.93. The van der Waals surface area contributed by atoms with Gasteiger partial charge >= 0.3 is 0 Å². The van der Waals surface area contributed by atoms with Gasteiger partial charge in [0.1, 0.15) is 10.7 Å². The predicted octanol–water partition coefficient (Wildman–Crippen LogP) is 0.743. The molecular formula is C11H12N4O2S. The molecule has 1 aliphatic heterocycles. The smallest absolute Gasteiger partial charge is 0.269 e. The molecule has 0 radical (unpaired) electrons. The molecule has 0 saturated carbocycles. The molecule has 3 N–H and O–H groups in total. The first-order chi connectivity index (χ1) is 8.60. The number of aromatic nitrogens is 2. The first-order valence-electron chi connectivity index (χ1n) is 5.50. The van der Waals surface area contributed by atoms with Crippen LogP contribution < -0.4 is 10.0 Å². The lowest BCUT2D eigenvalue weighted by atomic mass is 10.2. The van der Waals surface area contributed by atoms with Gasteiger partial charge in [0.05, 0.1) is 11.9 Å². The number of para-hydroxylation sites is 1. The lowest BCUT2D eigenvalue weighted by molar-refractivity contribution is 0.593. The lowest BCUT2D eigenvalue weighted by Gasteiger charge is -2.18. The Morgan fingerprint density at radius 1 is 1.33 bits per heavy atom. The molecule has 0 aliphatic carbocycles. The maximum absolute atomic E-state index is 12.5. The molecule has 0 amide bonds. The molecule has 7 heteroatoms. The monoisotopic (exact) mass is 264 g/mol. The average molecular weight is 264 g/mol. The highest BCUT2D eigenvalue weighted by Gasteiger charge is 2.32. The number of sulfonamides is 1. The van der Waals surface area contributed by atoms with E-state index < -0.39 is 10.0 Å². The summed E-state index contributed by atoms with van der Waals surface area (Å²) in [6.07, 6.45) is 1.96. The Hall–Kier alpha value is -2.02. The number of fused-ring (bicyclic) bond motifs is 1. The summed E-state index contributed by atoms with van der Waals surface area (Å²) in [7, 11) is -3.62. The molecule has 0 saturated heterocycles. The topological polar surface area (TPSA) is 92.1 Å². The second kappa shape index (κ2) is 3.74. The summed E-state index contributed by atoms with van der Waals surface area (Å²) >= 11 is 0. The van der Waals surface area contributed by atoms with E-state index in [1.54, 1.807) is 6.07 Å². The van der Waals surface area contributed by atoms with Crippen molar-refractivity contribution in [2.75, 3.05) is 16.6 Å². The predicted molar refractivity (Wildman–Crippen MR) is 67.7 cm³/mol. The largest absolute Gasteiger partial charge is 0.383 e. The van der Waals surface area contributed by atoms with Gasteiger partial charge in [-0.1, -0.05) is 18.2 Å². The molecule has 1 aromatic carbocycles. The molecule has 0 spiro atoms. The Labute approximate surface area is 104 Å². The SMILES string of the molecule is Nc1[nH]ncc1S(=O)(=O)N1CCc2ccccc21. The van der Waals surface area contributed by atoms with Gasteiger partial charge in [-0.15, -0.1) is 0 Å². The number of nitrogen functional groups attached to an aromatic ring is 1. The molecule has 18 heavy (non-hydrogen) atoms. The van der Waals surface area contributed by atoms with E-state index in [9.17, 15) is 8.42 Å². The van der Waals surface area contributed by atoms with Crippen LogP contribution in [0.2, 0.25) is 0 Å². The summed E-state index contributed by atoms with van der Waals surface area (Å²) < 4.78 is 26.3. The number of nitrogens with zero attached hydrogens (tertiary/aromatic N) is 2. The Morgan fingerprint density at radius 3 is 2.83 bits per heavy atom. The third-order valence-corrected chi connectivity index (χ3v) is 4.89. The van der Waals surface area contributed by atoms with Crippen LogP contribution in [-0.2, 0) is 16.4 Å². The molecule has 2 heterocycles. The maximum atomic E-state index is 12.5. The first kappa shape index (κ1) is 11.1. The first-order valence-corrected chi connectivity index (χ1v) is 6.94. The van der Waals surface area contributed by atoms with Gasteiger partial charge in [0.25, 0.3) is 10.0 Å². The van der Waals surface area contributed by atoms with Crippen LogP contribution >= 0.6 is 0 Å². The molecular weight excluding hydrogens is 252 g/mol. The van der Waals surface area contributed by atoms with Gasteiger partial charge in [-0.05, 0) is 18.1 Å². The van der Waals surface area contributed by atoms with E-state index in [1.807, 2.05) is 18.2 Å². The third kappa shape index (κ3) is 1.47. The molecule has 0 unspecified atom stereocenters. The van der Waals surface area contributed by atoms with E-state index in [4.69, 9.17) is 5.73 Å². The molecule has 94 valence electrons. The summed E-state index contributed by atoms with van der Waals surface area (Å²) in [5, 5.41) is 6.10. The summed E-state index contributed by atoms with van der Waals surface area (Å²) in [6, 6.07) is 7.46. The van der Waals surface area contributed by atoms with Crippen molar-refractivity contribution in [3.63, 3.8) is 0 Å². The fourth-order valence-corrected chi connectivity index (χ4v) is 3.68. The second-order valence-electron chi connectivity index (χ2n) is 4.10. The number of H-pyrrole nitrogens is 1. The fourth-order valence-electron chi connectivity index (χ4n) is 2.17. The van der Waals surface area contributed by atoms with Crippen LogP contribution in [0.15, 0.2) is 35.4 Å². The zero-order chi connectivity index (χ0) is 12.8. The van der Waals surface area contributed by atoms with Crippen LogP contribution in [0.4, 0.5) is 11.5 Å². The molecule has 0 fully saturated rings. The van der Waals surface area contributed by atoms with Crippen molar-refractivity contribution in [2.45, 2.75) is 11.3 Å². The molecule has 6 nitrogen and oxygen atoms in total. The number of nitrogens with two attached hydrogens (primary N) is 1. The average Bonchev–Trinajstić information content (AvgIpc) is 2.95. The minimum atomic E-state index is -3.62. The standard InChI is InChI=1S/C11H12N4O2S/c12-11-10(7-13-14-11)18(16,17)15-6-5-8-3-1-2-4-9(8)15/h1-4,7H,5-6H2,(H3,12,13,14). The van der Waals surface area contributed by atoms with Crippen molar-refractivity contribution in [3.05, 3.63) is 36.0 Å². The Balaban J connectivity index is 2.10. The van der Waals surface area contributed by atoms with Gasteiger partial charge in [-0.2, -0.15) is 5.10 Å². The normalized spacial score (nSPS) is 14.8. The number of hydrogen-bond donors (Lipinski definition) is 2. The van der Waals surface area contributed by atoms with Crippen LogP contribution in [-0.4, -0.2) is 25.2 Å². The van der Waals surface area contributed by atoms with E-state index in [0.29, 0.717) is 13.0 Å². The highest BCUT2D eigenvalue weighted by atomic mass is 32.2. The van der Waals surface area contributed by atoms with E-state index in [2.05, 4.69) is 10.2 Å². The minimum Gasteiger partial charge on any atom is -0.383 e. The Kier molecular flexibility index (Phi) is 2.30. The maximum Gasteiger partial charge on any atom is 0.269 e. The number of hydrogen-bond acceptors (Lipinski definition) is 4. The summed E-state index contributed by atoms with van der Waals surface area (Å²) in [5.41, 5.74) is 7.34. The molecule has 0 bridgehead atoms. The quantitative estimate of drug-likeness (QED) is 0.837. The van der Waals surface area contributed by atoms with E-state index in [-0.39, 0.29) is 10.7 Å². The number of benzene rings is 1. The summed E-state index contributed by atoms with van der Waals surface area (Å²) in [6.45, 7) is 0.437. The van der Waals surface area contributed by atoms with Crippen LogP contribution in [0.3, 0.4) is 0 Å². The van der Waals surface area contributed by atoms with Crippen molar-refractivity contribution in [3.8, 4) is 0 Å². The summed E-state index contributed by atoms with van der Waals surface area (Å²) in [5.74, 6) is 0.0689. The Bertz CT molecular complexity index is 693. The number of nitrogens with one attached hydrogen (secondary N) is 1. The van der Waals surface area contributed by atoms with Crippen molar-refractivity contribution < 1.29 is 8.42 Å². The van der Waals surface area contributed by atoms with Crippen LogP contribution in [0.1, 0.15) is 5.56 Å². The zero-order valence-electron chi connectivity index (χ0n) is 9.50. The minimum absolute atomic E-state index is 0.0270. The van der Waals surface area contributed by atoms with Crippen LogP contribution in [0, 0.1) is 0 Å². The van der Waals surface area contributed by atoms with Crippen LogP contribution in [0.5, 0.6) is 0 Å². The third-order valence-electron chi connectivity index (χ3n) is 3.04. The van der Waals surface area contributed by atoms with Crippen molar-refractivity contribution in [1.29, 1.82) is 0 Å². The van der Waals surface area contributed by atoms with E-state index in [1.165, 1.54) is 10.5 Å². The van der Waals surface area contributed by atoms with Gasteiger partial charge in [-0.3, -0.25) is 9.40 Å². The number of anilines is 2. The van der Waals surface area contributed by atoms with E-state index in [0.717, 1.165) is 11.3 Å². The highest BCUT2D eigenvalue weighted by Crippen LogP contribution is 2.33. The molecule has 1 aromatic heterocycles. The lowest BCUT2D eigenvalue weighted by Crippen LogP contribution is -2.29. The molecule has 1 aliphatic rings. The van der Waals surface area contributed by atoms with Gasteiger partial charge < -0.3 is 5.73 Å². The zero-order valence-corrected chi connectivity index (χ0v) is 10.3. The molecule has 2 aromatic rings. The second-order valence-corrected chi connectivity index (χ2v) is 5.93. The Morgan fingerprint density at radius 2 is 2.11 bits per heavy atom.